The van der Waals surface area contributed by atoms with Crippen molar-refractivity contribution in [3.05, 3.63) is 42.6 Å². The molecule has 4 aromatic rings. The van der Waals surface area contributed by atoms with E-state index in [1.54, 1.807) is 0 Å². The lowest BCUT2D eigenvalue weighted by atomic mass is 10.2. The predicted octanol–water partition coefficient (Wildman–Crippen LogP) is 4.58. The van der Waals surface area contributed by atoms with Crippen molar-refractivity contribution in [2.24, 2.45) is 0 Å². The van der Waals surface area contributed by atoms with Gasteiger partial charge >= 0.3 is 0 Å². The molecule has 3 heterocycles. The zero-order valence-corrected chi connectivity index (χ0v) is 21.6. The number of para-hydroxylation sites is 1. The van der Waals surface area contributed by atoms with Crippen molar-refractivity contribution in [3.8, 4) is 23.0 Å². The second-order valence-corrected chi connectivity index (χ2v) is 9.17. The fourth-order valence-corrected chi connectivity index (χ4v) is 4.75. The second kappa shape index (κ2) is 11.6. The molecule has 0 atom stereocenters. The van der Waals surface area contributed by atoms with Crippen LogP contribution in [0, 0.1) is 0 Å². The molecule has 0 radical (unpaired) electrons. The van der Waals surface area contributed by atoms with Gasteiger partial charge in [-0.25, -0.2) is 0 Å². The number of hydrogen-bond donors (Lipinski definition) is 2. The fraction of sp³-hybridized carbons (Fsp3) is 0.346. The molecule has 1 amide bonds. The first-order chi connectivity index (χ1) is 18.2. The summed E-state index contributed by atoms with van der Waals surface area (Å²) < 4.78 is 23.1. The normalized spacial score (nSPS) is 13.6. The average molecular weight is 524 g/mol. The third kappa shape index (κ3) is 5.67. The van der Waals surface area contributed by atoms with Crippen LogP contribution in [0.15, 0.2) is 52.2 Å². The van der Waals surface area contributed by atoms with Gasteiger partial charge in [-0.3, -0.25) is 4.79 Å². The van der Waals surface area contributed by atoms with Crippen LogP contribution in [0.4, 0.5) is 11.4 Å². The van der Waals surface area contributed by atoms with E-state index in [0.717, 1.165) is 35.2 Å². The zero-order valence-electron chi connectivity index (χ0n) is 20.8. The topological polar surface area (TPSA) is 115 Å². The third-order valence-electron chi connectivity index (χ3n) is 5.84. The molecule has 2 N–H and O–H groups in total. The molecule has 11 heteroatoms. The first-order valence-corrected chi connectivity index (χ1v) is 13.2. The van der Waals surface area contributed by atoms with E-state index in [1.165, 1.54) is 11.8 Å². The Bertz CT molecular complexity index is 1360. The molecule has 0 unspecified atom stereocenters. The monoisotopic (exact) mass is 523 g/mol. The van der Waals surface area contributed by atoms with E-state index in [9.17, 15) is 4.79 Å². The number of thioether (sulfide) groups is 1. The molecule has 0 bridgehead atoms. The lowest BCUT2D eigenvalue weighted by molar-refractivity contribution is -0.113. The SMILES string of the molecule is CCOc1cc(N2CCOCC2)c(OCC)cc1NC(=O)CSc1nnc(-c2c[nH]c3ccccc23)o1. The van der Waals surface area contributed by atoms with Gasteiger partial charge in [-0.05, 0) is 19.9 Å². The molecule has 1 aliphatic heterocycles. The van der Waals surface area contributed by atoms with Crippen molar-refractivity contribution < 1.29 is 23.4 Å². The zero-order chi connectivity index (χ0) is 25.6. The largest absolute Gasteiger partial charge is 0.492 e. The van der Waals surface area contributed by atoms with E-state index in [-0.39, 0.29) is 11.7 Å². The Morgan fingerprint density at radius 1 is 1.11 bits per heavy atom. The van der Waals surface area contributed by atoms with E-state index in [4.69, 9.17) is 18.6 Å². The smallest absolute Gasteiger partial charge is 0.277 e. The summed E-state index contributed by atoms with van der Waals surface area (Å²) in [5.41, 5.74) is 3.29. The number of nitrogens with zero attached hydrogens (tertiary/aromatic N) is 3. The molecular weight excluding hydrogens is 494 g/mol. The number of nitrogens with one attached hydrogen (secondary N) is 2. The van der Waals surface area contributed by atoms with Crippen molar-refractivity contribution in [3.63, 3.8) is 0 Å². The maximum absolute atomic E-state index is 12.9. The van der Waals surface area contributed by atoms with Crippen LogP contribution in [-0.4, -0.2) is 66.4 Å². The van der Waals surface area contributed by atoms with E-state index in [0.29, 0.717) is 54.7 Å². The van der Waals surface area contributed by atoms with Crippen molar-refractivity contribution in [1.82, 2.24) is 15.2 Å². The summed E-state index contributed by atoms with van der Waals surface area (Å²) in [5, 5.41) is 12.5. The predicted molar refractivity (Wildman–Crippen MR) is 143 cm³/mol. The highest BCUT2D eigenvalue weighted by Crippen LogP contribution is 2.39. The molecule has 0 saturated carbocycles. The Morgan fingerprint density at radius 2 is 1.89 bits per heavy atom. The van der Waals surface area contributed by atoms with Gasteiger partial charge in [0.25, 0.3) is 11.1 Å². The Balaban J connectivity index is 1.28. The number of carbonyl (C=O) groups is 1. The Labute approximate surface area is 218 Å². The van der Waals surface area contributed by atoms with Gasteiger partial charge in [0, 0.05) is 42.3 Å². The summed E-state index contributed by atoms with van der Waals surface area (Å²) in [5.74, 6) is 1.55. The van der Waals surface area contributed by atoms with Gasteiger partial charge in [-0.15, -0.1) is 10.2 Å². The van der Waals surface area contributed by atoms with Crippen LogP contribution in [0.2, 0.25) is 0 Å². The Kier molecular flexibility index (Phi) is 7.81. The van der Waals surface area contributed by atoms with Crippen molar-refractivity contribution in [1.29, 1.82) is 0 Å². The van der Waals surface area contributed by atoms with Crippen molar-refractivity contribution in [2.45, 2.75) is 19.1 Å². The minimum Gasteiger partial charge on any atom is -0.492 e. The average Bonchev–Trinajstić information content (AvgIpc) is 3.57. The van der Waals surface area contributed by atoms with E-state index < -0.39 is 0 Å². The number of morpholine rings is 1. The van der Waals surface area contributed by atoms with Gasteiger partial charge in [-0.1, -0.05) is 30.0 Å². The lowest BCUT2D eigenvalue weighted by Gasteiger charge is -2.31. The van der Waals surface area contributed by atoms with Crippen molar-refractivity contribution in [2.75, 3.05) is 55.5 Å². The number of rotatable bonds is 10. The molecule has 0 spiro atoms. The summed E-state index contributed by atoms with van der Waals surface area (Å²) in [4.78, 5) is 18.3. The van der Waals surface area contributed by atoms with Crippen LogP contribution >= 0.6 is 11.8 Å². The number of hydrogen-bond acceptors (Lipinski definition) is 9. The van der Waals surface area contributed by atoms with Crippen LogP contribution < -0.4 is 19.7 Å². The molecular formula is C26H29N5O5S. The number of aromatic amines is 1. The summed E-state index contributed by atoms with van der Waals surface area (Å²) in [6, 6.07) is 11.6. The van der Waals surface area contributed by atoms with Gasteiger partial charge in [0.05, 0.1) is 49.1 Å². The molecule has 1 fully saturated rings. The molecule has 2 aromatic carbocycles. The quantitative estimate of drug-likeness (QED) is 0.288. The van der Waals surface area contributed by atoms with Gasteiger partial charge in [0.15, 0.2) is 0 Å². The molecule has 1 aliphatic rings. The Morgan fingerprint density at radius 3 is 2.70 bits per heavy atom. The van der Waals surface area contributed by atoms with Crippen LogP contribution in [-0.2, 0) is 9.53 Å². The lowest BCUT2D eigenvalue weighted by Crippen LogP contribution is -2.36. The van der Waals surface area contributed by atoms with E-state index in [2.05, 4.69) is 25.4 Å². The molecule has 0 aliphatic carbocycles. The van der Waals surface area contributed by atoms with Crippen LogP contribution in [0.25, 0.3) is 22.4 Å². The van der Waals surface area contributed by atoms with E-state index in [1.807, 2.05) is 56.4 Å². The summed E-state index contributed by atoms with van der Waals surface area (Å²) in [7, 11) is 0. The molecule has 37 heavy (non-hydrogen) atoms. The number of carbonyl (C=O) groups excluding carboxylic acids is 1. The number of benzene rings is 2. The maximum Gasteiger partial charge on any atom is 0.277 e. The fourth-order valence-electron chi connectivity index (χ4n) is 4.18. The minimum absolute atomic E-state index is 0.0935. The van der Waals surface area contributed by atoms with Crippen LogP contribution in [0.5, 0.6) is 11.5 Å². The second-order valence-electron chi connectivity index (χ2n) is 8.24. The van der Waals surface area contributed by atoms with E-state index >= 15 is 0 Å². The third-order valence-corrected chi connectivity index (χ3v) is 6.66. The number of amides is 1. The number of ether oxygens (including phenoxy) is 3. The minimum atomic E-state index is -0.223. The van der Waals surface area contributed by atoms with Crippen LogP contribution in [0.1, 0.15) is 13.8 Å². The number of anilines is 2. The van der Waals surface area contributed by atoms with Crippen LogP contribution in [0.3, 0.4) is 0 Å². The highest BCUT2D eigenvalue weighted by atomic mass is 32.2. The molecule has 194 valence electrons. The summed E-state index contributed by atoms with van der Waals surface area (Å²) in [6.07, 6.45) is 1.84. The highest BCUT2D eigenvalue weighted by molar-refractivity contribution is 7.99. The van der Waals surface area contributed by atoms with Gasteiger partial charge in [0.1, 0.15) is 11.5 Å². The number of aromatic nitrogens is 3. The standard InChI is InChI=1S/C26H29N5O5S/c1-3-34-22-14-21(31-9-11-33-12-10-31)23(35-4-2)13-20(22)28-24(32)16-37-26-30-29-25(36-26)18-15-27-19-8-6-5-7-17(18)19/h5-8,13-15,27H,3-4,9-12,16H2,1-2H3,(H,28,32). The number of H-pyrrole nitrogens is 1. The Hall–Kier alpha value is -3.70. The summed E-state index contributed by atoms with van der Waals surface area (Å²) in [6.45, 7) is 7.65. The molecule has 5 rings (SSSR count). The number of fused-ring (bicyclic) bond motifs is 1. The highest BCUT2D eigenvalue weighted by Gasteiger charge is 2.21. The maximum atomic E-state index is 12.9. The van der Waals surface area contributed by atoms with Gasteiger partial charge < -0.3 is 33.8 Å². The molecule has 10 nitrogen and oxygen atoms in total. The first kappa shape index (κ1) is 25.0. The first-order valence-electron chi connectivity index (χ1n) is 12.2. The summed E-state index contributed by atoms with van der Waals surface area (Å²) >= 11 is 1.17. The molecule has 2 aromatic heterocycles. The van der Waals surface area contributed by atoms with Gasteiger partial charge in [0.2, 0.25) is 5.91 Å². The van der Waals surface area contributed by atoms with Crippen molar-refractivity contribution >= 4 is 39.9 Å². The van der Waals surface area contributed by atoms with Gasteiger partial charge in [-0.2, -0.15) is 0 Å². The molecule has 1 saturated heterocycles.